The Bertz CT molecular complexity index is 338. The van der Waals surface area contributed by atoms with Crippen molar-refractivity contribution in [3.63, 3.8) is 0 Å². The lowest BCUT2D eigenvalue weighted by atomic mass is 9.81. The Morgan fingerprint density at radius 2 is 1.70 bits per heavy atom. The van der Waals surface area contributed by atoms with Crippen molar-refractivity contribution in [3.05, 3.63) is 37.0 Å². The summed E-state index contributed by atoms with van der Waals surface area (Å²) in [7, 11) is 0. The number of nitrogens with one attached hydrogen (secondary N) is 1. The van der Waals surface area contributed by atoms with Crippen molar-refractivity contribution in [3.8, 4) is 0 Å². The van der Waals surface area contributed by atoms with E-state index in [1.54, 1.807) is 0 Å². The van der Waals surface area contributed by atoms with Gasteiger partial charge in [-0.15, -0.1) is 6.58 Å². The molecular weight excluding hydrogens is 282 g/mol. The molecule has 2 nitrogen and oxygen atoms in total. The van der Waals surface area contributed by atoms with Gasteiger partial charge in [-0.2, -0.15) is 0 Å². The van der Waals surface area contributed by atoms with Crippen LogP contribution in [0.5, 0.6) is 0 Å². The van der Waals surface area contributed by atoms with Crippen LogP contribution in [0, 0.1) is 17.3 Å². The summed E-state index contributed by atoms with van der Waals surface area (Å²) in [6.07, 6.45) is 8.24. The molecule has 0 saturated carbocycles. The Morgan fingerprint density at radius 1 is 1.13 bits per heavy atom. The van der Waals surface area contributed by atoms with Gasteiger partial charge in [0.25, 0.3) is 0 Å². The molecule has 0 aliphatic rings. The minimum atomic E-state index is 0.110. The average Bonchev–Trinajstić information content (AvgIpc) is 2.53. The van der Waals surface area contributed by atoms with Gasteiger partial charge >= 0.3 is 0 Å². The van der Waals surface area contributed by atoms with Crippen LogP contribution in [-0.4, -0.2) is 24.3 Å². The van der Waals surface area contributed by atoms with Gasteiger partial charge < -0.3 is 10.4 Å². The molecule has 0 spiro atoms. The van der Waals surface area contributed by atoms with E-state index in [0.717, 1.165) is 12.3 Å². The second kappa shape index (κ2) is 13.6. The maximum atomic E-state index is 8.72. The van der Waals surface area contributed by atoms with Crippen LogP contribution in [0.15, 0.2) is 37.0 Å². The lowest BCUT2D eigenvalue weighted by Crippen LogP contribution is -2.28. The molecule has 0 radical (unpaired) electrons. The number of hydrogen-bond donors (Lipinski definition) is 2. The third kappa shape index (κ3) is 12.3. The van der Waals surface area contributed by atoms with Crippen molar-refractivity contribution in [2.24, 2.45) is 17.3 Å². The first kappa shape index (κ1) is 24.4. The zero-order valence-corrected chi connectivity index (χ0v) is 16.7. The molecule has 0 aliphatic heterocycles. The molecule has 0 aliphatic carbocycles. The van der Waals surface area contributed by atoms with Crippen LogP contribution < -0.4 is 5.32 Å². The van der Waals surface area contributed by atoms with Crippen LogP contribution in [0.2, 0.25) is 0 Å². The predicted octanol–water partition coefficient (Wildman–Crippen LogP) is 5.36. The van der Waals surface area contributed by atoms with Crippen molar-refractivity contribution in [1.29, 1.82) is 0 Å². The van der Waals surface area contributed by atoms with E-state index in [9.17, 15) is 0 Å². The van der Waals surface area contributed by atoms with Gasteiger partial charge in [0.1, 0.15) is 0 Å². The molecule has 0 rings (SSSR count). The number of allylic oxidation sites excluding steroid dienone is 2. The van der Waals surface area contributed by atoms with Crippen molar-refractivity contribution >= 4 is 0 Å². The molecular formula is C21H41NO. The Labute approximate surface area is 145 Å². The molecule has 0 aromatic carbocycles. The van der Waals surface area contributed by atoms with E-state index >= 15 is 0 Å². The summed E-state index contributed by atoms with van der Waals surface area (Å²) in [5.74, 6) is 1.36. The van der Waals surface area contributed by atoms with E-state index in [2.05, 4.69) is 73.0 Å². The van der Waals surface area contributed by atoms with Crippen molar-refractivity contribution in [1.82, 2.24) is 5.32 Å². The minimum absolute atomic E-state index is 0.110. The highest BCUT2D eigenvalue weighted by Gasteiger charge is 2.16. The summed E-state index contributed by atoms with van der Waals surface area (Å²) in [5, 5.41) is 11.9. The zero-order valence-electron chi connectivity index (χ0n) is 16.7. The molecule has 0 amide bonds. The molecule has 3 unspecified atom stereocenters. The zero-order chi connectivity index (χ0) is 18.5. The van der Waals surface area contributed by atoms with Crippen molar-refractivity contribution in [2.45, 2.75) is 67.3 Å². The van der Waals surface area contributed by atoms with Gasteiger partial charge in [0.2, 0.25) is 0 Å². The van der Waals surface area contributed by atoms with Gasteiger partial charge in [-0.05, 0) is 29.2 Å². The fraction of sp³-hybridized carbons (Fsp3) is 0.714. The summed E-state index contributed by atoms with van der Waals surface area (Å²) in [6, 6.07) is 0.110. The summed E-state index contributed by atoms with van der Waals surface area (Å²) in [6.45, 7) is 24.1. The molecule has 3 atom stereocenters. The lowest BCUT2D eigenvalue weighted by Gasteiger charge is -2.25. The van der Waals surface area contributed by atoms with Crippen LogP contribution in [-0.2, 0) is 0 Å². The summed E-state index contributed by atoms with van der Waals surface area (Å²) >= 11 is 0. The smallest absolute Gasteiger partial charge is 0.0556 e. The molecule has 0 heterocycles. The minimum Gasteiger partial charge on any atom is -0.395 e. The molecule has 2 N–H and O–H groups in total. The molecule has 2 heteroatoms. The maximum absolute atomic E-state index is 8.72. The Balaban J connectivity index is 0. The van der Waals surface area contributed by atoms with Crippen LogP contribution >= 0.6 is 0 Å². The van der Waals surface area contributed by atoms with Gasteiger partial charge in [-0.3, -0.25) is 0 Å². The second-order valence-electron chi connectivity index (χ2n) is 7.29. The summed E-state index contributed by atoms with van der Waals surface area (Å²) in [5.41, 5.74) is 1.74. The van der Waals surface area contributed by atoms with E-state index < -0.39 is 0 Å². The quantitative estimate of drug-likeness (QED) is 0.442. The molecule has 136 valence electrons. The molecule has 0 aromatic heterocycles. The van der Waals surface area contributed by atoms with E-state index in [4.69, 9.17) is 5.11 Å². The summed E-state index contributed by atoms with van der Waals surface area (Å²) in [4.78, 5) is 0. The third-order valence-electron chi connectivity index (χ3n) is 4.63. The number of rotatable bonds is 9. The Hall–Kier alpha value is -0.860. The van der Waals surface area contributed by atoms with Crippen LogP contribution in [0.25, 0.3) is 0 Å². The second-order valence-corrected chi connectivity index (χ2v) is 7.29. The molecule has 23 heavy (non-hydrogen) atoms. The largest absolute Gasteiger partial charge is 0.395 e. The van der Waals surface area contributed by atoms with Gasteiger partial charge in [0.05, 0.1) is 6.61 Å². The predicted molar refractivity (Wildman–Crippen MR) is 106 cm³/mol. The van der Waals surface area contributed by atoms with Crippen LogP contribution in [0.3, 0.4) is 0 Å². The highest BCUT2D eigenvalue weighted by atomic mass is 16.3. The van der Waals surface area contributed by atoms with Gasteiger partial charge in [0.15, 0.2) is 0 Å². The standard InChI is InChI=1S/C13H23NO.C8H18/c1-5-11(4)12(6-2)10-13(7-3)14-8-9-15;1-6-7(2)8(3,4)5/h6-7,10-11,13-15H,2-3,5,8-9H2,1,4H3;7H,6H2,1-5H3. The van der Waals surface area contributed by atoms with E-state index in [0.29, 0.717) is 17.9 Å². The first-order valence-corrected chi connectivity index (χ1v) is 8.98. The first-order chi connectivity index (χ1) is 10.7. The first-order valence-electron chi connectivity index (χ1n) is 8.98. The topological polar surface area (TPSA) is 32.3 Å². The normalized spacial score (nSPS) is 15.9. The molecule has 0 bridgehead atoms. The van der Waals surface area contributed by atoms with E-state index in [1.807, 2.05) is 12.2 Å². The molecule has 0 aromatic rings. The van der Waals surface area contributed by atoms with Crippen molar-refractivity contribution < 1.29 is 5.11 Å². The highest BCUT2D eigenvalue weighted by Crippen LogP contribution is 2.27. The molecule has 0 fully saturated rings. The fourth-order valence-electron chi connectivity index (χ4n) is 1.93. The van der Waals surface area contributed by atoms with Crippen LogP contribution in [0.1, 0.15) is 61.3 Å². The third-order valence-corrected chi connectivity index (χ3v) is 4.63. The van der Waals surface area contributed by atoms with Gasteiger partial charge in [-0.25, -0.2) is 0 Å². The number of hydrogen-bond acceptors (Lipinski definition) is 2. The van der Waals surface area contributed by atoms with Gasteiger partial charge in [-0.1, -0.05) is 79.7 Å². The Morgan fingerprint density at radius 3 is 1.96 bits per heavy atom. The van der Waals surface area contributed by atoms with E-state index in [-0.39, 0.29) is 12.6 Å². The Kier molecular flexibility index (Phi) is 14.4. The highest BCUT2D eigenvalue weighted by molar-refractivity contribution is 5.23. The summed E-state index contributed by atoms with van der Waals surface area (Å²) < 4.78 is 0. The maximum Gasteiger partial charge on any atom is 0.0556 e. The number of aliphatic hydroxyl groups excluding tert-OH is 1. The fourth-order valence-corrected chi connectivity index (χ4v) is 1.93. The van der Waals surface area contributed by atoms with E-state index in [1.165, 1.54) is 12.0 Å². The van der Waals surface area contributed by atoms with Gasteiger partial charge in [0, 0.05) is 12.6 Å². The molecule has 0 saturated heterocycles. The SMILES string of the molecule is C=CC(=CC(C=C)NCCO)C(C)CC.CCC(C)C(C)(C)C. The van der Waals surface area contributed by atoms with Crippen molar-refractivity contribution in [2.75, 3.05) is 13.2 Å². The monoisotopic (exact) mass is 323 g/mol. The number of aliphatic hydroxyl groups is 1. The average molecular weight is 324 g/mol. The van der Waals surface area contributed by atoms with Crippen LogP contribution in [0.4, 0.5) is 0 Å². The lowest BCUT2D eigenvalue weighted by molar-refractivity contribution is 0.254.